The highest BCUT2D eigenvalue weighted by molar-refractivity contribution is 8.26. The molecule has 0 radical (unpaired) electrons. The molecule has 0 aliphatic carbocycles. The van der Waals surface area contributed by atoms with E-state index >= 15 is 0 Å². The zero-order chi connectivity index (χ0) is 15.5. The number of thioether (sulfide) groups is 1. The van der Waals surface area contributed by atoms with Gasteiger partial charge >= 0.3 is 0 Å². The number of phenolic OH excluding ortho intramolecular Hbond substituents is 1. The number of thiocarbonyl (C=S) groups is 1. The summed E-state index contributed by atoms with van der Waals surface area (Å²) in [4.78, 5) is 12.2. The summed E-state index contributed by atoms with van der Waals surface area (Å²) in [5.41, 5.74) is 0.846. The van der Waals surface area contributed by atoms with E-state index in [0.717, 1.165) is 5.56 Å². The van der Waals surface area contributed by atoms with Crippen molar-refractivity contribution >= 4 is 40.3 Å². The summed E-state index contributed by atoms with van der Waals surface area (Å²) < 4.78 is 6.18. The van der Waals surface area contributed by atoms with E-state index in [1.165, 1.54) is 11.8 Å². The maximum atomic E-state index is 11.7. The van der Waals surface area contributed by atoms with E-state index in [2.05, 4.69) is 5.32 Å². The van der Waals surface area contributed by atoms with Crippen LogP contribution >= 0.6 is 24.0 Å². The normalized spacial score (nSPS) is 15.9. The summed E-state index contributed by atoms with van der Waals surface area (Å²) in [5.74, 6) is 1.27. The summed E-state index contributed by atoms with van der Waals surface area (Å²) in [6.45, 7) is 0. The molecule has 6 heteroatoms. The summed E-state index contributed by atoms with van der Waals surface area (Å²) in [5, 5.41) is 11.8. The minimum absolute atomic E-state index is 0.181. The first-order valence-electron chi connectivity index (χ1n) is 6.42. The fourth-order valence-electron chi connectivity index (χ4n) is 1.89. The molecule has 1 heterocycles. The number of carbonyl (C=O) groups excluding carboxylic acids is 1. The summed E-state index contributed by atoms with van der Waals surface area (Å²) in [7, 11) is 0. The lowest BCUT2D eigenvalue weighted by atomic mass is 10.2. The molecule has 2 aromatic rings. The molecule has 22 heavy (non-hydrogen) atoms. The van der Waals surface area contributed by atoms with Crippen LogP contribution in [-0.4, -0.2) is 15.3 Å². The molecule has 2 N–H and O–H groups in total. The van der Waals surface area contributed by atoms with Crippen molar-refractivity contribution in [3.05, 3.63) is 59.0 Å². The highest BCUT2D eigenvalue weighted by atomic mass is 32.2. The minimum atomic E-state index is -0.181. The molecule has 0 aromatic heterocycles. The van der Waals surface area contributed by atoms with Gasteiger partial charge in [0.05, 0.1) is 4.91 Å². The molecular weight excluding hydrogens is 318 g/mol. The van der Waals surface area contributed by atoms with E-state index in [9.17, 15) is 9.90 Å². The molecule has 4 nitrogen and oxygen atoms in total. The molecule has 1 aliphatic heterocycles. The molecule has 0 saturated carbocycles. The van der Waals surface area contributed by atoms with Gasteiger partial charge in [-0.2, -0.15) is 0 Å². The number of amides is 1. The van der Waals surface area contributed by atoms with Gasteiger partial charge in [-0.05, 0) is 48.0 Å². The van der Waals surface area contributed by atoms with E-state index in [-0.39, 0.29) is 11.7 Å². The van der Waals surface area contributed by atoms with E-state index in [1.807, 2.05) is 24.3 Å². The molecule has 0 unspecified atom stereocenters. The summed E-state index contributed by atoms with van der Waals surface area (Å²) >= 11 is 6.20. The monoisotopic (exact) mass is 329 g/mol. The zero-order valence-corrected chi connectivity index (χ0v) is 12.9. The van der Waals surface area contributed by atoms with Crippen LogP contribution in [0.1, 0.15) is 5.56 Å². The second-order valence-corrected chi connectivity index (χ2v) is 6.24. The predicted molar refractivity (Wildman–Crippen MR) is 90.9 cm³/mol. The Kier molecular flexibility index (Phi) is 4.13. The SMILES string of the molecule is O=C1NC(=S)S/C1=C\c1cccc(Oc2ccc(O)cc2)c1. The largest absolute Gasteiger partial charge is 0.508 e. The van der Waals surface area contributed by atoms with Crippen LogP contribution in [0.3, 0.4) is 0 Å². The van der Waals surface area contributed by atoms with Crippen molar-refractivity contribution in [1.29, 1.82) is 0 Å². The number of benzene rings is 2. The standard InChI is InChI=1S/C16H11NO3S2/c18-11-4-6-12(7-5-11)20-13-3-1-2-10(8-13)9-14-15(19)17-16(21)22-14/h1-9,18H,(H,17,19,21)/b14-9-. The molecule has 1 aliphatic rings. The molecule has 1 saturated heterocycles. The molecule has 110 valence electrons. The topological polar surface area (TPSA) is 58.6 Å². The number of hydrogen-bond donors (Lipinski definition) is 2. The maximum absolute atomic E-state index is 11.7. The van der Waals surface area contributed by atoms with Crippen LogP contribution in [0.5, 0.6) is 17.2 Å². The quantitative estimate of drug-likeness (QED) is 0.664. The van der Waals surface area contributed by atoms with Gasteiger partial charge in [-0.3, -0.25) is 4.79 Å². The lowest BCUT2D eigenvalue weighted by Gasteiger charge is -2.06. The molecule has 3 rings (SSSR count). The Balaban J connectivity index is 1.81. The van der Waals surface area contributed by atoms with Crippen LogP contribution in [0, 0.1) is 0 Å². The Morgan fingerprint density at radius 3 is 2.59 bits per heavy atom. The number of rotatable bonds is 3. The zero-order valence-electron chi connectivity index (χ0n) is 11.3. The van der Waals surface area contributed by atoms with Gasteiger partial charge in [-0.15, -0.1) is 0 Å². The van der Waals surface area contributed by atoms with Crippen LogP contribution in [0.4, 0.5) is 0 Å². The fourth-order valence-corrected chi connectivity index (χ4v) is 2.93. The van der Waals surface area contributed by atoms with Gasteiger partial charge in [0, 0.05) is 0 Å². The van der Waals surface area contributed by atoms with Gasteiger partial charge in [0.1, 0.15) is 21.6 Å². The molecule has 0 atom stereocenters. The predicted octanol–water partition coefficient (Wildman–Crippen LogP) is 3.67. The van der Waals surface area contributed by atoms with Crippen molar-refractivity contribution in [3.8, 4) is 17.2 Å². The molecule has 2 aromatic carbocycles. The van der Waals surface area contributed by atoms with Crippen molar-refractivity contribution < 1.29 is 14.6 Å². The van der Waals surface area contributed by atoms with Gasteiger partial charge < -0.3 is 15.2 Å². The second kappa shape index (κ2) is 6.21. The third-order valence-corrected chi connectivity index (χ3v) is 4.03. The smallest absolute Gasteiger partial charge is 0.263 e. The highest BCUT2D eigenvalue weighted by Crippen LogP contribution is 2.28. The Hall–Kier alpha value is -2.31. The van der Waals surface area contributed by atoms with Gasteiger partial charge in [-0.1, -0.05) is 36.1 Å². The minimum Gasteiger partial charge on any atom is -0.508 e. The average molecular weight is 329 g/mol. The molecule has 1 amide bonds. The Morgan fingerprint density at radius 2 is 1.91 bits per heavy atom. The van der Waals surface area contributed by atoms with Gasteiger partial charge in [0.25, 0.3) is 5.91 Å². The van der Waals surface area contributed by atoms with Crippen molar-refractivity contribution in [1.82, 2.24) is 5.32 Å². The van der Waals surface area contributed by atoms with Gasteiger partial charge in [-0.25, -0.2) is 0 Å². The van der Waals surface area contributed by atoms with Crippen LogP contribution in [0.15, 0.2) is 53.4 Å². The van der Waals surface area contributed by atoms with Gasteiger partial charge in [0.15, 0.2) is 0 Å². The molecule has 0 spiro atoms. The lowest BCUT2D eigenvalue weighted by molar-refractivity contribution is -0.115. The van der Waals surface area contributed by atoms with E-state index in [1.54, 1.807) is 30.3 Å². The van der Waals surface area contributed by atoms with Crippen LogP contribution in [0.2, 0.25) is 0 Å². The number of nitrogens with one attached hydrogen (secondary N) is 1. The van der Waals surface area contributed by atoms with Crippen LogP contribution < -0.4 is 10.1 Å². The maximum Gasteiger partial charge on any atom is 0.263 e. The van der Waals surface area contributed by atoms with E-state index < -0.39 is 0 Å². The molecular formula is C16H11NO3S2. The second-order valence-electron chi connectivity index (χ2n) is 4.52. The number of ether oxygens (including phenoxy) is 1. The van der Waals surface area contributed by atoms with E-state index in [4.69, 9.17) is 17.0 Å². The number of hydrogen-bond acceptors (Lipinski definition) is 5. The number of phenols is 1. The fraction of sp³-hybridized carbons (Fsp3) is 0. The molecule has 1 fully saturated rings. The first-order valence-corrected chi connectivity index (χ1v) is 7.64. The lowest BCUT2D eigenvalue weighted by Crippen LogP contribution is -2.17. The Bertz CT molecular complexity index is 769. The van der Waals surface area contributed by atoms with Crippen molar-refractivity contribution in [2.24, 2.45) is 0 Å². The third-order valence-electron chi connectivity index (χ3n) is 2.87. The first kappa shape index (κ1) is 14.6. The van der Waals surface area contributed by atoms with Crippen molar-refractivity contribution in [2.45, 2.75) is 0 Å². The van der Waals surface area contributed by atoms with Gasteiger partial charge in [0.2, 0.25) is 0 Å². The number of carbonyl (C=O) groups is 1. The highest BCUT2D eigenvalue weighted by Gasteiger charge is 2.21. The summed E-state index contributed by atoms with van der Waals surface area (Å²) in [6, 6.07) is 13.8. The van der Waals surface area contributed by atoms with Crippen LogP contribution in [0.25, 0.3) is 6.08 Å². The van der Waals surface area contributed by atoms with Crippen molar-refractivity contribution in [2.75, 3.05) is 0 Å². The molecule has 0 bridgehead atoms. The first-order chi connectivity index (χ1) is 10.6. The van der Waals surface area contributed by atoms with E-state index in [0.29, 0.717) is 20.7 Å². The Morgan fingerprint density at radius 1 is 1.14 bits per heavy atom. The van der Waals surface area contributed by atoms with Crippen LogP contribution in [-0.2, 0) is 4.79 Å². The summed E-state index contributed by atoms with van der Waals surface area (Å²) in [6.07, 6.45) is 1.77. The van der Waals surface area contributed by atoms with Crippen molar-refractivity contribution in [3.63, 3.8) is 0 Å². The third kappa shape index (κ3) is 3.47. The number of aromatic hydroxyl groups is 1. The Labute approximate surface area is 136 Å². The average Bonchev–Trinajstić information content (AvgIpc) is 2.80.